The third-order valence-corrected chi connectivity index (χ3v) is 4.09. The highest BCUT2D eigenvalue weighted by molar-refractivity contribution is 5.70. The lowest BCUT2D eigenvalue weighted by Gasteiger charge is -2.42. The Labute approximate surface area is 118 Å². The van der Waals surface area contributed by atoms with Crippen LogP contribution in [0.5, 0.6) is 11.5 Å². The van der Waals surface area contributed by atoms with E-state index in [9.17, 15) is 4.79 Å². The highest BCUT2D eigenvalue weighted by Crippen LogP contribution is 2.41. The van der Waals surface area contributed by atoms with Crippen molar-refractivity contribution in [3.8, 4) is 11.5 Å². The first-order valence-electron chi connectivity index (χ1n) is 6.86. The van der Waals surface area contributed by atoms with E-state index in [1.54, 1.807) is 14.2 Å². The number of cyclic esters (lactones) is 1. The van der Waals surface area contributed by atoms with Gasteiger partial charge in [0.05, 0.1) is 20.3 Å². The number of nitrogens with zero attached hydrogens (tertiary/aromatic N) is 1. The maximum absolute atomic E-state index is 12.0. The maximum atomic E-state index is 12.0. The molecule has 2 atom stereocenters. The van der Waals surface area contributed by atoms with Gasteiger partial charge in [0, 0.05) is 13.0 Å². The SMILES string of the molecule is COc1cc2c(cc1OC)[C@@H]1C[C@H](C)OC(=O)N1CC2. The van der Waals surface area contributed by atoms with Crippen LogP contribution in [0.1, 0.15) is 30.5 Å². The number of methoxy groups -OCH3 is 2. The van der Waals surface area contributed by atoms with Gasteiger partial charge in [-0.1, -0.05) is 0 Å². The Bertz CT molecular complexity index is 543. The van der Waals surface area contributed by atoms with Crippen molar-refractivity contribution >= 4 is 6.09 Å². The lowest BCUT2D eigenvalue weighted by molar-refractivity contribution is 0.00220. The molecule has 1 fully saturated rings. The van der Waals surface area contributed by atoms with Crippen LogP contribution in [0, 0.1) is 0 Å². The average Bonchev–Trinajstić information content (AvgIpc) is 2.45. The van der Waals surface area contributed by atoms with Gasteiger partial charge < -0.3 is 19.1 Å². The number of rotatable bonds is 2. The van der Waals surface area contributed by atoms with Crippen LogP contribution in [0.25, 0.3) is 0 Å². The van der Waals surface area contributed by atoms with Gasteiger partial charge in [0.2, 0.25) is 0 Å². The van der Waals surface area contributed by atoms with E-state index in [1.807, 2.05) is 24.0 Å². The van der Waals surface area contributed by atoms with Gasteiger partial charge in [-0.3, -0.25) is 0 Å². The average molecular weight is 277 g/mol. The molecule has 2 aliphatic rings. The standard InChI is InChI=1S/C15H19NO4/c1-9-6-12-11-8-14(19-3)13(18-2)7-10(11)4-5-16(12)15(17)20-9/h7-9,12H,4-6H2,1-3H3/t9-,12-/m0/s1. The minimum atomic E-state index is -0.214. The molecule has 108 valence electrons. The summed E-state index contributed by atoms with van der Waals surface area (Å²) in [5.41, 5.74) is 2.38. The Morgan fingerprint density at radius 2 is 1.95 bits per heavy atom. The third-order valence-electron chi connectivity index (χ3n) is 4.09. The van der Waals surface area contributed by atoms with E-state index in [4.69, 9.17) is 14.2 Å². The van der Waals surface area contributed by atoms with Crippen LogP contribution in [0.3, 0.4) is 0 Å². The molecule has 5 nitrogen and oxygen atoms in total. The number of carbonyl (C=O) groups is 1. The molecule has 3 rings (SSSR count). The molecule has 0 aromatic heterocycles. The summed E-state index contributed by atoms with van der Waals surface area (Å²) in [4.78, 5) is 13.8. The van der Waals surface area contributed by atoms with Gasteiger partial charge >= 0.3 is 6.09 Å². The molecule has 2 heterocycles. The second kappa shape index (κ2) is 4.89. The molecule has 20 heavy (non-hydrogen) atoms. The minimum absolute atomic E-state index is 0.0530. The first-order chi connectivity index (χ1) is 9.63. The Hall–Kier alpha value is -1.91. The fourth-order valence-corrected chi connectivity index (χ4v) is 3.10. The van der Waals surface area contributed by atoms with Crippen LogP contribution in [-0.2, 0) is 11.2 Å². The highest BCUT2D eigenvalue weighted by Gasteiger charge is 2.38. The Balaban J connectivity index is 2.04. The summed E-state index contributed by atoms with van der Waals surface area (Å²) in [6, 6.07) is 4.10. The summed E-state index contributed by atoms with van der Waals surface area (Å²) >= 11 is 0. The lowest BCUT2D eigenvalue weighted by Crippen LogP contribution is -2.46. The molecule has 0 aliphatic carbocycles. The smallest absolute Gasteiger partial charge is 0.410 e. The first-order valence-corrected chi connectivity index (χ1v) is 6.86. The van der Waals surface area contributed by atoms with Gasteiger partial charge in [0.1, 0.15) is 6.10 Å². The van der Waals surface area contributed by atoms with Crippen LogP contribution in [-0.4, -0.2) is 37.9 Å². The van der Waals surface area contributed by atoms with Gasteiger partial charge in [-0.25, -0.2) is 4.79 Å². The molecule has 1 amide bonds. The molecule has 0 bridgehead atoms. The first kappa shape index (κ1) is 13.1. The highest BCUT2D eigenvalue weighted by atomic mass is 16.6. The van der Waals surface area contributed by atoms with Crippen LogP contribution in [0.4, 0.5) is 4.79 Å². The number of carbonyl (C=O) groups excluding carboxylic acids is 1. The third kappa shape index (κ3) is 1.97. The minimum Gasteiger partial charge on any atom is -0.493 e. The maximum Gasteiger partial charge on any atom is 0.410 e. The Kier molecular flexibility index (Phi) is 3.20. The van der Waals surface area contributed by atoms with Crippen molar-refractivity contribution in [3.05, 3.63) is 23.3 Å². The molecule has 1 aromatic carbocycles. The zero-order chi connectivity index (χ0) is 14.3. The summed E-state index contributed by atoms with van der Waals surface area (Å²) in [5.74, 6) is 1.45. The number of hydrogen-bond acceptors (Lipinski definition) is 4. The van der Waals surface area contributed by atoms with Crippen molar-refractivity contribution in [2.24, 2.45) is 0 Å². The van der Waals surface area contributed by atoms with E-state index >= 15 is 0 Å². The number of benzene rings is 1. The summed E-state index contributed by atoms with van der Waals surface area (Å²) in [5, 5.41) is 0. The van der Waals surface area contributed by atoms with Gasteiger partial charge in [0.15, 0.2) is 11.5 Å². The number of hydrogen-bond donors (Lipinski definition) is 0. The van der Waals surface area contributed by atoms with Crippen LogP contribution >= 0.6 is 0 Å². The zero-order valence-electron chi connectivity index (χ0n) is 12.0. The number of ether oxygens (including phenoxy) is 3. The van der Waals surface area contributed by atoms with E-state index in [0.29, 0.717) is 12.3 Å². The van der Waals surface area contributed by atoms with E-state index in [-0.39, 0.29) is 18.2 Å². The molecule has 0 N–H and O–H groups in total. The molecule has 1 aromatic rings. The Morgan fingerprint density at radius 1 is 1.25 bits per heavy atom. The van der Waals surface area contributed by atoms with E-state index in [1.165, 1.54) is 5.56 Å². The molecule has 0 saturated carbocycles. The monoisotopic (exact) mass is 277 g/mol. The van der Waals surface area contributed by atoms with E-state index in [2.05, 4.69) is 0 Å². The van der Waals surface area contributed by atoms with Crippen molar-refractivity contribution in [3.63, 3.8) is 0 Å². The van der Waals surface area contributed by atoms with Crippen molar-refractivity contribution < 1.29 is 19.0 Å². The lowest BCUT2D eigenvalue weighted by atomic mass is 9.88. The molecular weight excluding hydrogens is 258 g/mol. The van der Waals surface area contributed by atoms with Crippen LogP contribution in [0.15, 0.2) is 12.1 Å². The molecule has 1 saturated heterocycles. The fraction of sp³-hybridized carbons (Fsp3) is 0.533. The predicted octanol–water partition coefficient (Wildman–Crippen LogP) is 2.53. The van der Waals surface area contributed by atoms with Crippen molar-refractivity contribution in [2.45, 2.75) is 31.9 Å². The second-order valence-corrected chi connectivity index (χ2v) is 5.30. The number of fused-ring (bicyclic) bond motifs is 3. The normalized spacial score (nSPS) is 24.6. The van der Waals surface area contributed by atoms with Crippen LogP contribution < -0.4 is 9.47 Å². The fourth-order valence-electron chi connectivity index (χ4n) is 3.10. The largest absolute Gasteiger partial charge is 0.493 e. The summed E-state index contributed by atoms with van der Waals surface area (Å²) in [6.07, 6.45) is 1.36. The van der Waals surface area contributed by atoms with Crippen molar-refractivity contribution in [2.75, 3.05) is 20.8 Å². The van der Waals surface area contributed by atoms with Crippen molar-refractivity contribution in [1.29, 1.82) is 0 Å². The number of amides is 1. The quantitative estimate of drug-likeness (QED) is 0.833. The zero-order valence-corrected chi connectivity index (χ0v) is 12.0. The Morgan fingerprint density at radius 3 is 2.65 bits per heavy atom. The molecule has 0 unspecified atom stereocenters. The van der Waals surface area contributed by atoms with Gasteiger partial charge in [0.25, 0.3) is 0 Å². The van der Waals surface area contributed by atoms with Crippen molar-refractivity contribution in [1.82, 2.24) is 4.90 Å². The van der Waals surface area contributed by atoms with Crippen LogP contribution in [0.2, 0.25) is 0 Å². The molecule has 2 aliphatic heterocycles. The second-order valence-electron chi connectivity index (χ2n) is 5.30. The predicted molar refractivity (Wildman–Crippen MR) is 73.3 cm³/mol. The summed E-state index contributed by atoms with van der Waals surface area (Å²) in [7, 11) is 3.27. The van der Waals surface area contributed by atoms with Gasteiger partial charge in [-0.05, 0) is 36.6 Å². The van der Waals surface area contributed by atoms with Gasteiger partial charge in [-0.2, -0.15) is 0 Å². The topological polar surface area (TPSA) is 48.0 Å². The van der Waals surface area contributed by atoms with Gasteiger partial charge in [-0.15, -0.1) is 0 Å². The molecular formula is C15H19NO4. The molecule has 5 heteroatoms. The molecule has 0 radical (unpaired) electrons. The summed E-state index contributed by atoms with van der Waals surface area (Å²) < 4.78 is 16.0. The van der Waals surface area contributed by atoms with E-state index in [0.717, 1.165) is 24.2 Å². The van der Waals surface area contributed by atoms with E-state index < -0.39 is 0 Å². The summed E-state index contributed by atoms with van der Waals surface area (Å²) in [6.45, 7) is 2.63. The molecule has 0 spiro atoms.